The Balaban J connectivity index is 1.35. The lowest BCUT2D eigenvalue weighted by Gasteiger charge is -2.43. The molecule has 4 heterocycles. The summed E-state index contributed by atoms with van der Waals surface area (Å²) in [4.78, 5) is 28.8. The fourth-order valence-corrected chi connectivity index (χ4v) is 6.13. The number of hydrogen-bond acceptors (Lipinski definition) is 7. The second-order valence-corrected chi connectivity index (χ2v) is 10.5. The van der Waals surface area contributed by atoms with Crippen LogP contribution in [0.2, 0.25) is 0 Å². The van der Waals surface area contributed by atoms with E-state index in [1.165, 1.54) is 6.07 Å². The summed E-state index contributed by atoms with van der Waals surface area (Å²) < 4.78 is 33.3. The highest BCUT2D eigenvalue weighted by molar-refractivity contribution is 5.98. The molecule has 9 nitrogen and oxygen atoms in total. The van der Waals surface area contributed by atoms with Gasteiger partial charge in [0.2, 0.25) is 0 Å². The molecule has 2 N–H and O–H groups in total. The molecule has 0 radical (unpaired) electrons. The monoisotopic (exact) mass is 517 g/mol. The summed E-state index contributed by atoms with van der Waals surface area (Å²) in [5.41, 5.74) is 10.2. The predicted molar refractivity (Wildman–Crippen MR) is 133 cm³/mol. The SMILES string of the molecule is CC1CCC1(N)c1ncc(-c2ccc3nc4c(n3n2)C2CC4N(C)C(=O)c3cccc(OC(F)F)c32)cn1. The summed E-state index contributed by atoms with van der Waals surface area (Å²) >= 11 is 0. The summed E-state index contributed by atoms with van der Waals surface area (Å²) in [6.45, 7) is -0.908. The van der Waals surface area contributed by atoms with Crippen molar-refractivity contribution in [1.82, 2.24) is 29.5 Å². The average molecular weight is 518 g/mol. The van der Waals surface area contributed by atoms with Crippen molar-refractivity contribution in [3.05, 3.63) is 71.1 Å². The van der Waals surface area contributed by atoms with Gasteiger partial charge in [0.05, 0.1) is 28.7 Å². The molecule has 2 aliphatic carbocycles. The lowest BCUT2D eigenvalue weighted by Crippen LogP contribution is -2.51. The Kier molecular flexibility index (Phi) is 4.88. The van der Waals surface area contributed by atoms with Gasteiger partial charge in [0.15, 0.2) is 5.65 Å². The number of nitrogens with two attached hydrogens (primary N) is 1. The van der Waals surface area contributed by atoms with Crippen LogP contribution in [0.4, 0.5) is 8.78 Å². The second kappa shape index (κ2) is 8.00. The molecule has 1 saturated carbocycles. The molecule has 4 unspecified atom stereocenters. The van der Waals surface area contributed by atoms with E-state index in [4.69, 9.17) is 20.6 Å². The number of imidazole rings is 1. The smallest absolute Gasteiger partial charge is 0.387 e. The molecule has 4 aromatic rings. The van der Waals surface area contributed by atoms with Gasteiger partial charge in [-0.3, -0.25) is 4.79 Å². The van der Waals surface area contributed by atoms with Crippen LogP contribution in [0.15, 0.2) is 42.7 Å². The molecular weight excluding hydrogens is 492 g/mol. The highest BCUT2D eigenvalue weighted by Gasteiger charge is 2.47. The number of halogens is 2. The maximum Gasteiger partial charge on any atom is 0.387 e. The minimum absolute atomic E-state index is 0.00576. The molecule has 2 bridgehead atoms. The Morgan fingerprint density at radius 3 is 2.66 bits per heavy atom. The van der Waals surface area contributed by atoms with Gasteiger partial charge in [-0.1, -0.05) is 13.0 Å². The number of alkyl halides is 2. The van der Waals surface area contributed by atoms with Crippen molar-refractivity contribution in [3.8, 4) is 17.0 Å². The van der Waals surface area contributed by atoms with Gasteiger partial charge < -0.3 is 15.4 Å². The van der Waals surface area contributed by atoms with Gasteiger partial charge in [-0.2, -0.15) is 13.9 Å². The van der Waals surface area contributed by atoms with E-state index in [2.05, 4.69) is 16.9 Å². The summed E-state index contributed by atoms with van der Waals surface area (Å²) in [5, 5.41) is 4.87. The number of hydrogen-bond donors (Lipinski definition) is 1. The van der Waals surface area contributed by atoms with Crippen molar-refractivity contribution >= 4 is 11.6 Å². The highest BCUT2D eigenvalue weighted by Crippen LogP contribution is 2.52. The Morgan fingerprint density at radius 2 is 1.97 bits per heavy atom. The summed E-state index contributed by atoms with van der Waals surface area (Å²) in [7, 11) is 1.71. The predicted octanol–water partition coefficient (Wildman–Crippen LogP) is 4.03. The zero-order valence-corrected chi connectivity index (χ0v) is 20.8. The molecule has 38 heavy (non-hydrogen) atoms. The van der Waals surface area contributed by atoms with Gasteiger partial charge in [0, 0.05) is 42.0 Å². The third-order valence-corrected chi connectivity index (χ3v) is 8.53. The molecule has 1 fully saturated rings. The van der Waals surface area contributed by atoms with E-state index in [0.29, 0.717) is 46.3 Å². The van der Waals surface area contributed by atoms with E-state index in [0.717, 1.165) is 24.1 Å². The fraction of sp³-hybridized carbons (Fsp3) is 0.370. The third-order valence-electron chi connectivity index (χ3n) is 8.53. The Bertz CT molecular complexity index is 1610. The molecule has 7 rings (SSSR count). The third kappa shape index (κ3) is 3.14. The lowest BCUT2D eigenvalue weighted by molar-refractivity contribution is -0.0506. The standard InChI is InChI=1S/C27H25F2N7O2/c1-13-8-9-27(13,30)25-31-11-14(12-32-25)17-6-7-20-33-22-18-10-16(23(22)36(20)34-17)21-15(24(37)35(18)2)4-3-5-19(21)38-26(28)29/h3-7,11-13,16,18,26H,8-10,30H2,1-2H3. The van der Waals surface area contributed by atoms with Crippen LogP contribution in [-0.4, -0.2) is 49.0 Å². The number of ether oxygens (including phenoxy) is 1. The number of carbonyl (C=O) groups excluding carboxylic acids is 1. The molecule has 11 heteroatoms. The number of benzene rings is 1. The van der Waals surface area contributed by atoms with Crippen molar-refractivity contribution in [2.24, 2.45) is 11.7 Å². The zero-order chi connectivity index (χ0) is 26.3. The largest absolute Gasteiger partial charge is 0.434 e. The first kappa shape index (κ1) is 23.2. The summed E-state index contributed by atoms with van der Waals surface area (Å²) in [6, 6.07) is 8.08. The lowest BCUT2D eigenvalue weighted by atomic mass is 9.68. The van der Waals surface area contributed by atoms with E-state index < -0.39 is 18.1 Å². The first-order chi connectivity index (χ1) is 18.3. The maximum atomic E-state index is 13.3. The Labute approximate surface area is 216 Å². The van der Waals surface area contributed by atoms with Crippen LogP contribution in [0, 0.1) is 5.92 Å². The van der Waals surface area contributed by atoms with E-state index in [1.54, 1.807) is 41.0 Å². The highest BCUT2D eigenvalue weighted by atomic mass is 19.3. The van der Waals surface area contributed by atoms with Crippen LogP contribution >= 0.6 is 0 Å². The van der Waals surface area contributed by atoms with Gasteiger partial charge >= 0.3 is 6.61 Å². The molecule has 0 saturated heterocycles. The van der Waals surface area contributed by atoms with E-state index in [1.807, 2.05) is 12.1 Å². The van der Waals surface area contributed by atoms with Crippen molar-refractivity contribution in [1.29, 1.82) is 0 Å². The van der Waals surface area contributed by atoms with Gasteiger partial charge in [-0.25, -0.2) is 19.5 Å². The van der Waals surface area contributed by atoms with Crippen LogP contribution in [0.3, 0.4) is 0 Å². The van der Waals surface area contributed by atoms with Crippen molar-refractivity contribution in [2.45, 2.75) is 50.3 Å². The van der Waals surface area contributed by atoms with Crippen molar-refractivity contribution in [2.75, 3.05) is 7.05 Å². The molecule has 0 spiro atoms. The number of aromatic nitrogens is 5. The maximum absolute atomic E-state index is 13.3. The minimum Gasteiger partial charge on any atom is -0.434 e. The quantitative estimate of drug-likeness (QED) is 0.435. The minimum atomic E-state index is -3.01. The molecule has 3 aliphatic rings. The molecular formula is C27H25F2N7O2. The fourth-order valence-electron chi connectivity index (χ4n) is 6.13. The van der Waals surface area contributed by atoms with Crippen LogP contribution in [0.5, 0.6) is 5.75 Å². The number of amides is 1. The first-order valence-electron chi connectivity index (χ1n) is 12.6. The van der Waals surface area contributed by atoms with Crippen LogP contribution in [0.25, 0.3) is 16.9 Å². The summed E-state index contributed by atoms with van der Waals surface area (Å²) in [5.74, 6) is 0.299. The average Bonchev–Trinajstić information content (AvgIpc) is 3.44. The number of nitrogens with zero attached hydrogens (tertiary/aromatic N) is 6. The van der Waals surface area contributed by atoms with Crippen LogP contribution < -0.4 is 10.5 Å². The van der Waals surface area contributed by atoms with Crippen molar-refractivity contribution < 1.29 is 18.3 Å². The number of carbonyl (C=O) groups is 1. The van der Waals surface area contributed by atoms with Crippen LogP contribution in [0.1, 0.15) is 71.3 Å². The number of fused-ring (bicyclic) bond motifs is 9. The second-order valence-electron chi connectivity index (χ2n) is 10.5. The van der Waals surface area contributed by atoms with Gasteiger partial charge in [-0.15, -0.1) is 0 Å². The molecule has 1 aliphatic heterocycles. The van der Waals surface area contributed by atoms with Gasteiger partial charge in [0.25, 0.3) is 5.91 Å². The Morgan fingerprint density at radius 1 is 1.18 bits per heavy atom. The first-order valence-corrected chi connectivity index (χ1v) is 12.6. The van der Waals surface area contributed by atoms with E-state index in [-0.39, 0.29) is 17.7 Å². The molecule has 1 amide bonds. The Hall–Kier alpha value is -3.99. The molecule has 4 atom stereocenters. The van der Waals surface area contributed by atoms with E-state index >= 15 is 0 Å². The van der Waals surface area contributed by atoms with Crippen LogP contribution in [-0.2, 0) is 5.54 Å². The zero-order valence-electron chi connectivity index (χ0n) is 20.8. The van der Waals surface area contributed by atoms with Gasteiger partial charge in [0.1, 0.15) is 11.6 Å². The normalized spacial score (nSPS) is 25.8. The number of rotatable bonds is 4. The summed E-state index contributed by atoms with van der Waals surface area (Å²) in [6.07, 6.45) is 5.87. The van der Waals surface area contributed by atoms with E-state index in [9.17, 15) is 13.6 Å². The topological polar surface area (TPSA) is 112 Å². The van der Waals surface area contributed by atoms with Gasteiger partial charge in [-0.05, 0) is 49.4 Å². The molecule has 1 aromatic carbocycles. The molecule has 3 aromatic heterocycles. The molecule has 194 valence electrons. The van der Waals surface area contributed by atoms with Crippen molar-refractivity contribution in [3.63, 3.8) is 0 Å².